The summed E-state index contributed by atoms with van der Waals surface area (Å²) >= 11 is 0. The predicted octanol–water partition coefficient (Wildman–Crippen LogP) is 3.15. The van der Waals surface area contributed by atoms with Gasteiger partial charge in [0.25, 0.3) is 0 Å². The maximum Gasteiger partial charge on any atom is 0.248 e. The molecule has 0 spiro atoms. The average Bonchev–Trinajstić information content (AvgIpc) is 3.25. The Hall–Kier alpha value is -2.49. The zero-order valence-corrected chi connectivity index (χ0v) is 11.0. The molecule has 0 saturated heterocycles. The van der Waals surface area contributed by atoms with Crippen molar-refractivity contribution in [3.63, 3.8) is 0 Å². The van der Waals surface area contributed by atoms with Gasteiger partial charge in [0.15, 0.2) is 0 Å². The van der Waals surface area contributed by atoms with Crippen molar-refractivity contribution < 1.29 is 9.53 Å². The van der Waals surface area contributed by atoms with Crippen molar-refractivity contribution >= 4 is 11.6 Å². The molecule has 0 radical (unpaired) electrons. The largest absolute Gasteiger partial charge is 0.457 e. The molecule has 3 N–H and O–H groups in total. The van der Waals surface area contributed by atoms with Crippen molar-refractivity contribution in [2.45, 2.75) is 18.9 Å². The lowest BCUT2D eigenvalue weighted by molar-refractivity contribution is 0.1000. The molecule has 0 aliphatic heterocycles. The Morgan fingerprint density at radius 1 is 1.10 bits per heavy atom. The normalized spacial score (nSPS) is 13.8. The molecule has 1 fully saturated rings. The smallest absolute Gasteiger partial charge is 0.248 e. The molecule has 20 heavy (non-hydrogen) atoms. The van der Waals surface area contributed by atoms with Crippen molar-refractivity contribution in [1.29, 1.82) is 0 Å². The first-order valence-electron chi connectivity index (χ1n) is 6.65. The zero-order chi connectivity index (χ0) is 13.9. The lowest BCUT2D eigenvalue weighted by atomic mass is 10.2. The molecule has 2 aromatic carbocycles. The van der Waals surface area contributed by atoms with E-state index in [1.807, 2.05) is 24.3 Å². The number of benzene rings is 2. The molecule has 102 valence electrons. The Kier molecular flexibility index (Phi) is 3.29. The van der Waals surface area contributed by atoms with E-state index in [0.717, 1.165) is 11.4 Å². The summed E-state index contributed by atoms with van der Waals surface area (Å²) in [7, 11) is 0. The van der Waals surface area contributed by atoms with E-state index in [2.05, 4.69) is 5.32 Å². The number of rotatable bonds is 5. The van der Waals surface area contributed by atoms with Crippen molar-refractivity contribution in [3.05, 3.63) is 54.1 Å². The maximum atomic E-state index is 11.1. The molecule has 0 bridgehead atoms. The minimum Gasteiger partial charge on any atom is -0.457 e. The summed E-state index contributed by atoms with van der Waals surface area (Å²) in [5, 5.41) is 3.41. The van der Waals surface area contributed by atoms with Gasteiger partial charge in [0, 0.05) is 17.3 Å². The minimum absolute atomic E-state index is 0.439. The van der Waals surface area contributed by atoms with Crippen molar-refractivity contribution in [1.82, 2.24) is 0 Å². The van der Waals surface area contributed by atoms with Gasteiger partial charge in [0.2, 0.25) is 5.91 Å². The van der Waals surface area contributed by atoms with Crippen molar-refractivity contribution in [3.8, 4) is 11.5 Å². The molecular formula is C16H16N2O2. The fourth-order valence-electron chi connectivity index (χ4n) is 1.93. The molecule has 0 aromatic heterocycles. The first kappa shape index (κ1) is 12.5. The van der Waals surface area contributed by atoms with E-state index in [1.54, 1.807) is 24.3 Å². The molecule has 1 saturated carbocycles. The number of nitrogens with one attached hydrogen (secondary N) is 1. The van der Waals surface area contributed by atoms with Crippen LogP contribution in [0.1, 0.15) is 23.2 Å². The quantitative estimate of drug-likeness (QED) is 0.875. The fourth-order valence-corrected chi connectivity index (χ4v) is 1.93. The molecule has 2 aromatic rings. The third-order valence-electron chi connectivity index (χ3n) is 3.16. The molecule has 0 heterocycles. The van der Waals surface area contributed by atoms with Crippen molar-refractivity contribution in [2.75, 3.05) is 5.32 Å². The molecule has 0 atom stereocenters. The van der Waals surface area contributed by atoms with E-state index >= 15 is 0 Å². The summed E-state index contributed by atoms with van der Waals surface area (Å²) in [6.45, 7) is 0. The Balaban J connectivity index is 1.70. The van der Waals surface area contributed by atoms with E-state index in [4.69, 9.17) is 10.5 Å². The summed E-state index contributed by atoms with van der Waals surface area (Å²) in [5.74, 6) is 0.872. The first-order valence-corrected chi connectivity index (χ1v) is 6.65. The van der Waals surface area contributed by atoms with Gasteiger partial charge in [-0.1, -0.05) is 6.07 Å². The second kappa shape index (κ2) is 5.25. The van der Waals surface area contributed by atoms with Crippen LogP contribution in [0.3, 0.4) is 0 Å². The lowest BCUT2D eigenvalue weighted by Crippen LogP contribution is -2.10. The highest BCUT2D eigenvalue weighted by Crippen LogP contribution is 2.27. The van der Waals surface area contributed by atoms with Gasteiger partial charge in [-0.05, 0) is 55.3 Å². The number of hydrogen-bond acceptors (Lipinski definition) is 3. The van der Waals surface area contributed by atoms with Crippen LogP contribution in [0.4, 0.5) is 5.69 Å². The van der Waals surface area contributed by atoms with Gasteiger partial charge in [-0.3, -0.25) is 4.79 Å². The third-order valence-corrected chi connectivity index (χ3v) is 3.16. The number of anilines is 1. The van der Waals surface area contributed by atoms with Crippen LogP contribution in [0.25, 0.3) is 0 Å². The number of ether oxygens (including phenoxy) is 1. The summed E-state index contributed by atoms with van der Waals surface area (Å²) < 4.78 is 5.71. The summed E-state index contributed by atoms with van der Waals surface area (Å²) in [6.07, 6.45) is 2.50. The molecule has 3 rings (SSSR count). The second-order valence-electron chi connectivity index (χ2n) is 4.94. The highest BCUT2D eigenvalue weighted by Gasteiger charge is 2.20. The van der Waals surface area contributed by atoms with Crippen LogP contribution in [0.2, 0.25) is 0 Å². The Morgan fingerprint density at radius 3 is 2.50 bits per heavy atom. The topological polar surface area (TPSA) is 64.4 Å². The predicted molar refractivity (Wildman–Crippen MR) is 78.1 cm³/mol. The van der Waals surface area contributed by atoms with Crippen LogP contribution in [-0.4, -0.2) is 11.9 Å². The minimum atomic E-state index is -0.459. The van der Waals surface area contributed by atoms with E-state index < -0.39 is 5.91 Å². The number of amides is 1. The second-order valence-corrected chi connectivity index (χ2v) is 4.94. The SMILES string of the molecule is NC(=O)c1cccc(Oc2ccc(NC3CC3)cc2)c1. The molecule has 1 aliphatic rings. The number of hydrogen-bond donors (Lipinski definition) is 2. The van der Waals surface area contributed by atoms with Gasteiger partial charge in [0.1, 0.15) is 11.5 Å². The van der Waals surface area contributed by atoms with Gasteiger partial charge >= 0.3 is 0 Å². The molecule has 0 unspecified atom stereocenters. The van der Waals surface area contributed by atoms with E-state index in [1.165, 1.54) is 12.8 Å². The highest BCUT2D eigenvalue weighted by atomic mass is 16.5. The number of primary amides is 1. The Bertz CT molecular complexity index is 619. The fraction of sp³-hybridized carbons (Fsp3) is 0.188. The number of carbonyl (C=O) groups excluding carboxylic acids is 1. The van der Waals surface area contributed by atoms with Crippen LogP contribution in [-0.2, 0) is 0 Å². The highest BCUT2D eigenvalue weighted by molar-refractivity contribution is 5.93. The van der Waals surface area contributed by atoms with Gasteiger partial charge in [-0.2, -0.15) is 0 Å². The average molecular weight is 268 g/mol. The Morgan fingerprint density at radius 2 is 1.85 bits per heavy atom. The molecule has 1 amide bonds. The monoisotopic (exact) mass is 268 g/mol. The summed E-state index contributed by atoms with van der Waals surface area (Å²) in [5.41, 5.74) is 6.79. The number of nitrogens with two attached hydrogens (primary N) is 1. The van der Waals surface area contributed by atoms with E-state index in [9.17, 15) is 4.79 Å². The zero-order valence-electron chi connectivity index (χ0n) is 11.0. The first-order chi connectivity index (χ1) is 9.70. The molecule has 1 aliphatic carbocycles. The van der Waals surface area contributed by atoms with Gasteiger partial charge < -0.3 is 15.8 Å². The van der Waals surface area contributed by atoms with Crippen LogP contribution >= 0.6 is 0 Å². The van der Waals surface area contributed by atoms with Crippen LogP contribution in [0.15, 0.2) is 48.5 Å². The summed E-state index contributed by atoms with van der Waals surface area (Å²) in [4.78, 5) is 11.1. The van der Waals surface area contributed by atoms with Crippen LogP contribution < -0.4 is 15.8 Å². The third kappa shape index (κ3) is 3.09. The van der Waals surface area contributed by atoms with Crippen LogP contribution in [0.5, 0.6) is 11.5 Å². The molecular weight excluding hydrogens is 252 g/mol. The maximum absolute atomic E-state index is 11.1. The standard InChI is InChI=1S/C16H16N2O2/c17-16(19)11-2-1-3-15(10-11)20-14-8-6-13(7-9-14)18-12-4-5-12/h1-3,6-10,12,18H,4-5H2,(H2,17,19). The van der Waals surface area contributed by atoms with Gasteiger partial charge in [0.05, 0.1) is 0 Å². The summed E-state index contributed by atoms with van der Waals surface area (Å²) in [6, 6.07) is 15.3. The number of carbonyl (C=O) groups is 1. The van der Waals surface area contributed by atoms with Gasteiger partial charge in [-0.15, -0.1) is 0 Å². The van der Waals surface area contributed by atoms with E-state index in [0.29, 0.717) is 17.4 Å². The Labute approximate surface area is 117 Å². The molecule has 4 nitrogen and oxygen atoms in total. The molecule has 4 heteroatoms. The van der Waals surface area contributed by atoms with Crippen LogP contribution in [0, 0.1) is 0 Å². The van der Waals surface area contributed by atoms with Gasteiger partial charge in [-0.25, -0.2) is 0 Å². The lowest BCUT2D eigenvalue weighted by Gasteiger charge is -2.08. The van der Waals surface area contributed by atoms with E-state index in [-0.39, 0.29) is 0 Å². The van der Waals surface area contributed by atoms with Crippen molar-refractivity contribution in [2.24, 2.45) is 5.73 Å².